The van der Waals surface area contributed by atoms with Crippen LogP contribution in [0, 0.1) is 11.8 Å². The van der Waals surface area contributed by atoms with Crippen molar-refractivity contribution in [3.8, 4) is 11.8 Å². The Labute approximate surface area is 123 Å². The highest BCUT2D eigenvalue weighted by Gasteiger charge is 2.20. The van der Waals surface area contributed by atoms with Gasteiger partial charge in [-0.05, 0) is 26.2 Å². The standard InChI is InChI=1S/C15H19N5O/c1-3-4-10-20-12-11-16-18(2)14(21)13(12)17-15(20)19-8-6-5-7-9-19/h11H,5-10H2,1-2H3. The Hall–Kier alpha value is -2.29. The van der Waals surface area contributed by atoms with E-state index in [1.165, 1.54) is 23.9 Å². The molecule has 2 aromatic heterocycles. The van der Waals surface area contributed by atoms with Gasteiger partial charge in [0.15, 0.2) is 5.52 Å². The van der Waals surface area contributed by atoms with Crippen molar-refractivity contribution in [3.63, 3.8) is 0 Å². The molecule has 1 saturated heterocycles. The van der Waals surface area contributed by atoms with Gasteiger partial charge in [-0.15, -0.1) is 5.92 Å². The van der Waals surface area contributed by atoms with Gasteiger partial charge in [-0.3, -0.25) is 9.36 Å². The summed E-state index contributed by atoms with van der Waals surface area (Å²) in [5, 5.41) is 4.11. The summed E-state index contributed by atoms with van der Waals surface area (Å²) < 4.78 is 3.33. The molecule has 6 heteroatoms. The highest BCUT2D eigenvalue weighted by Crippen LogP contribution is 2.23. The van der Waals surface area contributed by atoms with Gasteiger partial charge in [-0.2, -0.15) is 5.10 Å². The maximum absolute atomic E-state index is 12.2. The molecular formula is C15H19N5O. The average molecular weight is 285 g/mol. The van der Waals surface area contributed by atoms with Gasteiger partial charge in [0.2, 0.25) is 5.95 Å². The van der Waals surface area contributed by atoms with E-state index in [1.54, 1.807) is 13.2 Å². The molecule has 0 saturated carbocycles. The summed E-state index contributed by atoms with van der Waals surface area (Å²) in [4.78, 5) is 19.1. The smallest absolute Gasteiger partial charge is 0.294 e. The zero-order valence-electron chi connectivity index (χ0n) is 12.5. The van der Waals surface area contributed by atoms with E-state index in [2.05, 4.69) is 26.8 Å². The minimum absolute atomic E-state index is 0.158. The van der Waals surface area contributed by atoms with Crippen LogP contribution in [0.1, 0.15) is 26.2 Å². The molecule has 0 amide bonds. The van der Waals surface area contributed by atoms with Gasteiger partial charge < -0.3 is 4.90 Å². The van der Waals surface area contributed by atoms with E-state index in [0.717, 1.165) is 24.6 Å². The summed E-state index contributed by atoms with van der Waals surface area (Å²) in [6.45, 7) is 4.32. The number of imidazole rings is 1. The van der Waals surface area contributed by atoms with Crippen LogP contribution in [0.4, 0.5) is 5.95 Å². The third-order valence-electron chi connectivity index (χ3n) is 3.89. The first kappa shape index (κ1) is 13.7. The third-order valence-corrected chi connectivity index (χ3v) is 3.89. The molecule has 110 valence electrons. The van der Waals surface area contributed by atoms with E-state index in [4.69, 9.17) is 0 Å². The van der Waals surface area contributed by atoms with E-state index < -0.39 is 0 Å². The van der Waals surface area contributed by atoms with Gasteiger partial charge in [0.1, 0.15) is 0 Å². The third kappa shape index (κ3) is 2.40. The fraction of sp³-hybridized carbons (Fsp3) is 0.533. The molecule has 0 spiro atoms. The molecule has 0 N–H and O–H groups in total. The molecule has 2 aromatic rings. The number of nitrogens with zero attached hydrogens (tertiary/aromatic N) is 5. The minimum Gasteiger partial charge on any atom is -0.342 e. The number of aromatic nitrogens is 4. The number of hydrogen-bond acceptors (Lipinski definition) is 4. The van der Waals surface area contributed by atoms with Crippen molar-refractivity contribution < 1.29 is 0 Å². The number of aryl methyl sites for hydroxylation is 1. The SMILES string of the molecule is CC#CCn1c(N2CCCCC2)nc2c(=O)n(C)ncc21. The first-order valence-corrected chi connectivity index (χ1v) is 7.29. The van der Waals surface area contributed by atoms with Crippen LogP contribution in [-0.2, 0) is 13.6 Å². The molecular weight excluding hydrogens is 266 g/mol. The second-order valence-electron chi connectivity index (χ2n) is 5.28. The predicted molar refractivity (Wildman–Crippen MR) is 82.3 cm³/mol. The second kappa shape index (κ2) is 5.60. The van der Waals surface area contributed by atoms with Crippen molar-refractivity contribution >= 4 is 17.0 Å². The van der Waals surface area contributed by atoms with Crippen LogP contribution in [0.25, 0.3) is 11.0 Å². The van der Waals surface area contributed by atoms with Crippen molar-refractivity contribution in [3.05, 3.63) is 16.6 Å². The molecule has 3 rings (SSSR count). The first-order valence-electron chi connectivity index (χ1n) is 7.29. The molecule has 1 aliphatic heterocycles. The molecule has 0 unspecified atom stereocenters. The van der Waals surface area contributed by atoms with Crippen LogP contribution in [0.15, 0.2) is 11.0 Å². The normalized spacial score (nSPS) is 15.0. The Morgan fingerprint density at radius 2 is 2.05 bits per heavy atom. The van der Waals surface area contributed by atoms with E-state index in [1.807, 2.05) is 11.5 Å². The van der Waals surface area contributed by atoms with Crippen LogP contribution in [-0.4, -0.2) is 32.4 Å². The quantitative estimate of drug-likeness (QED) is 0.777. The lowest BCUT2D eigenvalue weighted by atomic mass is 10.1. The molecule has 0 aliphatic carbocycles. The molecule has 1 aliphatic rings. The molecule has 0 atom stereocenters. The zero-order chi connectivity index (χ0) is 14.8. The van der Waals surface area contributed by atoms with E-state index in [0.29, 0.717) is 12.1 Å². The zero-order valence-corrected chi connectivity index (χ0v) is 12.5. The highest BCUT2D eigenvalue weighted by atomic mass is 16.1. The van der Waals surface area contributed by atoms with Gasteiger partial charge in [0, 0.05) is 20.1 Å². The largest absolute Gasteiger partial charge is 0.342 e. The molecule has 1 fully saturated rings. The number of piperidine rings is 1. The summed E-state index contributed by atoms with van der Waals surface area (Å²) in [7, 11) is 1.65. The molecule has 0 radical (unpaired) electrons. The van der Waals surface area contributed by atoms with E-state index in [9.17, 15) is 4.79 Å². The number of hydrogen-bond donors (Lipinski definition) is 0. The van der Waals surface area contributed by atoms with Crippen LogP contribution < -0.4 is 10.5 Å². The fourth-order valence-corrected chi connectivity index (χ4v) is 2.74. The van der Waals surface area contributed by atoms with E-state index >= 15 is 0 Å². The van der Waals surface area contributed by atoms with Crippen LogP contribution in [0.2, 0.25) is 0 Å². The molecule has 0 bridgehead atoms. The Kier molecular flexibility index (Phi) is 3.65. The Morgan fingerprint density at radius 1 is 1.29 bits per heavy atom. The number of anilines is 1. The van der Waals surface area contributed by atoms with Crippen molar-refractivity contribution in [1.29, 1.82) is 0 Å². The average Bonchev–Trinajstić information content (AvgIpc) is 2.89. The highest BCUT2D eigenvalue weighted by molar-refractivity contribution is 5.77. The van der Waals surface area contributed by atoms with Crippen molar-refractivity contribution in [1.82, 2.24) is 19.3 Å². The molecule has 0 aromatic carbocycles. The monoisotopic (exact) mass is 285 g/mol. The lowest BCUT2D eigenvalue weighted by molar-refractivity contribution is 0.561. The maximum atomic E-state index is 12.2. The summed E-state index contributed by atoms with van der Waals surface area (Å²) >= 11 is 0. The number of rotatable bonds is 2. The molecule has 3 heterocycles. The van der Waals surface area contributed by atoms with Crippen LogP contribution in [0.5, 0.6) is 0 Å². The summed E-state index contributed by atoms with van der Waals surface area (Å²) in [6.07, 6.45) is 5.29. The lowest BCUT2D eigenvalue weighted by Gasteiger charge is -2.27. The topological polar surface area (TPSA) is 56.0 Å². The first-order chi connectivity index (χ1) is 10.2. The van der Waals surface area contributed by atoms with Gasteiger partial charge in [-0.25, -0.2) is 9.67 Å². The van der Waals surface area contributed by atoms with Crippen molar-refractivity contribution in [2.45, 2.75) is 32.7 Å². The summed E-state index contributed by atoms with van der Waals surface area (Å²) in [5.41, 5.74) is 1.08. The van der Waals surface area contributed by atoms with Crippen LogP contribution in [0.3, 0.4) is 0 Å². The van der Waals surface area contributed by atoms with E-state index in [-0.39, 0.29) is 5.56 Å². The Balaban J connectivity index is 2.18. The number of fused-ring (bicyclic) bond motifs is 1. The summed E-state index contributed by atoms with van der Waals surface area (Å²) in [5.74, 6) is 6.82. The lowest BCUT2D eigenvalue weighted by Crippen LogP contribution is -2.31. The molecule has 21 heavy (non-hydrogen) atoms. The van der Waals surface area contributed by atoms with Gasteiger partial charge in [0.25, 0.3) is 5.56 Å². The fourth-order valence-electron chi connectivity index (χ4n) is 2.74. The van der Waals surface area contributed by atoms with Gasteiger partial charge in [-0.1, -0.05) is 5.92 Å². The van der Waals surface area contributed by atoms with Crippen LogP contribution >= 0.6 is 0 Å². The second-order valence-corrected chi connectivity index (χ2v) is 5.28. The van der Waals surface area contributed by atoms with Gasteiger partial charge >= 0.3 is 0 Å². The predicted octanol–water partition coefficient (Wildman–Crippen LogP) is 1.14. The van der Waals surface area contributed by atoms with Crippen molar-refractivity contribution in [2.24, 2.45) is 7.05 Å². The van der Waals surface area contributed by atoms with Crippen molar-refractivity contribution in [2.75, 3.05) is 18.0 Å². The Morgan fingerprint density at radius 3 is 2.76 bits per heavy atom. The molecule has 6 nitrogen and oxygen atoms in total. The maximum Gasteiger partial charge on any atom is 0.294 e. The summed E-state index contributed by atoms with van der Waals surface area (Å²) in [6, 6.07) is 0. The minimum atomic E-state index is -0.158. The van der Waals surface area contributed by atoms with Gasteiger partial charge in [0.05, 0.1) is 18.3 Å². The Bertz CT molecular complexity index is 771.